The largest absolute Gasteiger partial charge is 0.378 e. The van der Waals surface area contributed by atoms with E-state index in [0.29, 0.717) is 121 Å². The fourth-order valence-electron chi connectivity index (χ4n) is 13.0. The molecule has 4 fully saturated rings. The topological polar surface area (TPSA) is 195 Å². The van der Waals surface area contributed by atoms with Gasteiger partial charge in [-0.15, -0.1) is 0 Å². The molecule has 14 nitrogen and oxygen atoms in total. The molecule has 3 amide bonds. The van der Waals surface area contributed by atoms with Gasteiger partial charge in [-0.2, -0.15) is 0 Å². The number of carbonyl (C=O) groups is 2. The summed E-state index contributed by atoms with van der Waals surface area (Å²) in [7, 11) is 0. The SMILES string of the molecule is C=CC(=O)NCCOCCOCCOCCNC(=O)N(CCCCCCCC)CCC[C@@H](C)[C@H]1CC[C@H]2C3[C@H](OCCCN)CC4C[C@H](OCCCN)CC[C@]4(C)[C@H]3C[C@H](OCCCN)C12C. The highest BCUT2D eigenvalue weighted by Gasteiger charge is 2.66. The summed E-state index contributed by atoms with van der Waals surface area (Å²) < 4.78 is 37.4. The van der Waals surface area contributed by atoms with Gasteiger partial charge in [0.25, 0.3) is 0 Å². The van der Waals surface area contributed by atoms with Crippen molar-refractivity contribution >= 4 is 11.9 Å². The first-order valence-corrected chi connectivity index (χ1v) is 27.2. The van der Waals surface area contributed by atoms with Gasteiger partial charge >= 0.3 is 6.03 Å². The maximum absolute atomic E-state index is 13.7. The summed E-state index contributed by atoms with van der Waals surface area (Å²) in [6.07, 6.45) is 21.9. The molecule has 3 unspecified atom stereocenters. The first kappa shape index (κ1) is 57.7. The average Bonchev–Trinajstić information content (AvgIpc) is 3.69. The van der Waals surface area contributed by atoms with Crippen LogP contribution in [0.15, 0.2) is 12.7 Å². The second kappa shape index (κ2) is 32.2. The van der Waals surface area contributed by atoms with Gasteiger partial charge in [-0.1, -0.05) is 66.4 Å². The van der Waals surface area contributed by atoms with Crippen molar-refractivity contribution in [2.24, 2.45) is 63.5 Å². The maximum Gasteiger partial charge on any atom is 0.317 e. The molecule has 0 aliphatic heterocycles. The van der Waals surface area contributed by atoms with E-state index >= 15 is 0 Å². The van der Waals surface area contributed by atoms with Gasteiger partial charge < -0.3 is 61.2 Å². The summed E-state index contributed by atoms with van der Waals surface area (Å²) >= 11 is 0. The Bertz CT molecular complexity index is 1370. The molecule has 4 rings (SSSR count). The molecule has 0 bridgehead atoms. The van der Waals surface area contributed by atoms with Crippen molar-refractivity contribution in [3.05, 3.63) is 12.7 Å². The van der Waals surface area contributed by atoms with E-state index in [1.165, 1.54) is 51.0 Å². The number of hydrogen-bond donors (Lipinski definition) is 5. The predicted molar refractivity (Wildman–Crippen MR) is 269 cm³/mol. The van der Waals surface area contributed by atoms with Crippen molar-refractivity contribution in [3.8, 4) is 0 Å². The van der Waals surface area contributed by atoms with Crippen molar-refractivity contribution in [2.75, 3.05) is 105 Å². The molecule has 0 aromatic rings. The number of amides is 3. The molecule has 11 atom stereocenters. The monoisotopic (exact) mass is 949 g/mol. The van der Waals surface area contributed by atoms with Crippen LogP contribution in [0.3, 0.4) is 0 Å². The number of nitrogens with one attached hydrogen (secondary N) is 2. The van der Waals surface area contributed by atoms with Crippen molar-refractivity contribution < 1.29 is 38.0 Å². The molecule has 67 heavy (non-hydrogen) atoms. The fourth-order valence-corrected chi connectivity index (χ4v) is 13.0. The standard InChI is InChI=1S/C53H100N6O8/c1-6-8-9-10-11-12-27-59(51(61)58-26-33-63-35-37-64-36-34-62-32-25-57-49(60)7-2)28-13-17-41(3)44-18-19-45-50-46(40-48(53(44,45)5)67-31-16-24-56)52(4)21-20-43(65-29-14-22-54)38-42(52)39-47(50)66-30-15-23-55/h7,41-48,50H,2,6,8-40,54-56H2,1,3-5H3,(H,57,60)(H,58,61)/t41-,42?,43-,44-,45+,46+,47-,48+,50?,52+,53?/m1/s1. The lowest BCUT2D eigenvalue weighted by atomic mass is 9.43. The molecule has 0 spiro atoms. The smallest absolute Gasteiger partial charge is 0.317 e. The molecule has 0 heterocycles. The quantitative estimate of drug-likeness (QED) is 0.0312. The number of urea groups is 1. The summed E-state index contributed by atoms with van der Waals surface area (Å²) in [6, 6.07) is 0.00278. The number of fused-ring (bicyclic) bond motifs is 5. The zero-order chi connectivity index (χ0) is 48.3. The van der Waals surface area contributed by atoms with Crippen molar-refractivity contribution in [1.82, 2.24) is 15.5 Å². The van der Waals surface area contributed by atoms with Gasteiger partial charge in [0, 0.05) is 51.4 Å². The summed E-state index contributed by atoms with van der Waals surface area (Å²) in [5, 5.41) is 5.82. The van der Waals surface area contributed by atoms with Gasteiger partial charge in [0.1, 0.15) is 0 Å². The Morgan fingerprint density at radius 3 is 1.99 bits per heavy atom. The number of carbonyl (C=O) groups excluding carboxylic acids is 2. The highest BCUT2D eigenvalue weighted by molar-refractivity contribution is 5.86. The second-order valence-corrected chi connectivity index (χ2v) is 20.9. The number of nitrogens with zero attached hydrogens (tertiary/aromatic N) is 1. The fraction of sp³-hybridized carbons (Fsp3) is 0.925. The molecule has 4 aliphatic carbocycles. The van der Waals surface area contributed by atoms with Crippen LogP contribution >= 0.6 is 0 Å². The molecule has 0 radical (unpaired) electrons. The molecular formula is C53H100N6O8. The van der Waals surface area contributed by atoms with Crippen LogP contribution in [-0.2, 0) is 33.2 Å². The summed E-state index contributed by atoms with van der Waals surface area (Å²) in [6.45, 7) is 22.6. The number of rotatable bonds is 37. The first-order chi connectivity index (χ1) is 32.6. The number of nitrogens with two attached hydrogens (primary N) is 3. The van der Waals surface area contributed by atoms with Crippen LogP contribution in [0.4, 0.5) is 4.79 Å². The van der Waals surface area contributed by atoms with Crippen LogP contribution < -0.4 is 27.8 Å². The molecule has 4 saturated carbocycles. The zero-order valence-corrected chi connectivity index (χ0v) is 43.0. The lowest BCUT2D eigenvalue weighted by Crippen LogP contribution is -2.63. The van der Waals surface area contributed by atoms with E-state index in [-0.39, 0.29) is 35.0 Å². The number of ether oxygens (including phenoxy) is 6. The molecule has 0 aromatic heterocycles. The van der Waals surface area contributed by atoms with Crippen LogP contribution in [0.5, 0.6) is 0 Å². The Kier molecular flexibility index (Phi) is 27.7. The minimum Gasteiger partial charge on any atom is -0.378 e. The third-order valence-corrected chi connectivity index (χ3v) is 16.6. The third kappa shape index (κ3) is 17.7. The Labute approximate surface area is 407 Å². The molecule has 8 N–H and O–H groups in total. The van der Waals surface area contributed by atoms with Gasteiger partial charge in [0.2, 0.25) is 5.91 Å². The van der Waals surface area contributed by atoms with Gasteiger partial charge in [-0.3, -0.25) is 4.79 Å². The molecule has 0 saturated heterocycles. The van der Waals surface area contributed by atoms with Crippen LogP contribution in [-0.4, -0.2) is 140 Å². The minimum absolute atomic E-state index is 0.00278. The lowest BCUT2D eigenvalue weighted by Gasteiger charge is -2.65. The molecular weight excluding hydrogens is 849 g/mol. The van der Waals surface area contributed by atoms with Crippen molar-refractivity contribution in [2.45, 2.75) is 162 Å². The zero-order valence-electron chi connectivity index (χ0n) is 43.0. The summed E-state index contributed by atoms with van der Waals surface area (Å²) in [4.78, 5) is 26.9. The van der Waals surface area contributed by atoms with Gasteiger partial charge in [0.15, 0.2) is 0 Å². The number of hydrogen-bond acceptors (Lipinski definition) is 11. The summed E-state index contributed by atoms with van der Waals surface area (Å²) in [5.41, 5.74) is 18.2. The Balaban J connectivity index is 1.35. The van der Waals surface area contributed by atoms with Crippen LogP contribution in [0.25, 0.3) is 0 Å². The minimum atomic E-state index is -0.210. The van der Waals surface area contributed by atoms with Crippen molar-refractivity contribution in [3.63, 3.8) is 0 Å². The van der Waals surface area contributed by atoms with E-state index in [1.54, 1.807) is 0 Å². The summed E-state index contributed by atoms with van der Waals surface area (Å²) in [5.74, 6) is 2.98. The van der Waals surface area contributed by atoms with Crippen LogP contribution in [0.1, 0.15) is 143 Å². The molecule has 390 valence electrons. The van der Waals surface area contributed by atoms with Crippen LogP contribution in [0.2, 0.25) is 0 Å². The van der Waals surface area contributed by atoms with Crippen molar-refractivity contribution in [1.29, 1.82) is 0 Å². The maximum atomic E-state index is 13.7. The highest BCUT2D eigenvalue weighted by atomic mass is 16.5. The van der Waals surface area contributed by atoms with E-state index in [2.05, 4.69) is 49.8 Å². The van der Waals surface area contributed by atoms with Gasteiger partial charge in [-0.25, -0.2) is 4.79 Å². The third-order valence-electron chi connectivity index (χ3n) is 16.6. The van der Waals surface area contributed by atoms with Gasteiger partial charge in [-0.05, 0) is 150 Å². The number of unbranched alkanes of at least 4 members (excludes halogenated alkanes) is 5. The Morgan fingerprint density at radius 1 is 0.701 bits per heavy atom. The second-order valence-electron chi connectivity index (χ2n) is 20.9. The Morgan fingerprint density at radius 2 is 1.31 bits per heavy atom. The first-order valence-electron chi connectivity index (χ1n) is 27.2. The van der Waals surface area contributed by atoms with E-state index in [9.17, 15) is 9.59 Å². The average molecular weight is 949 g/mol. The highest BCUT2D eigenvalue weighted by Crippen LogP contribution is 2.69. The molecule has 4 aliphatic rings. The molecule has 0 aromatic carbocycles. The van der Waals surface area contributed by atoms with E-state index < -0.39 is 0 Å². The van der Waals surface area contributed by atoms with E-state index in [0.717, 1.165) is 96.9 Å². The molecule has 14 heteroatoms. The van der Waals surface area contributed by atoms with Crippen LogP contribution in [0, 0.1) is 46.3 Å². The lowest BCUT2D eigenvalue weighted by molar-refractivity contribution is -0.227. The van der Waals surface area contributed by atoms with E-state index in [1.807, 2.05) is 0 Å². The van der Waals surface area contributed by atoms with Gasteiger partial charge in [0.05, 0.1) is 58.0 Å². The van der Waals surface area contributed by atoms with E-state index in [4.69, 9.17) is 45.6 Å². The Hall–Kier alpha value is -1.88. The predicted octanol–water partition coefficient (Wildman–Crippen LogP) is 7.21. The normalized spacial score (nSPS) is 29.4.